The summed E-state index contributed by atoms with van der Waals surface area (Å²) in [6, 6.07) is 3.30. The molecule has 0 unspecified atom stereocenters. The van der Waals surface area contributed by atoms with E-state index in [1.165, 1.54) is 12.2 Å². The van der Waals surface area contributed by atoms with Gasteiger partial charge >= 0.3 is 11.6 Å². The Morgan fingerprint density at radius 1 is 1.42 bits per heavy atom. The highest BCUT2D eigenvalue weighted by molar-refractivity contribution is 5.95. The minimum atomic E-state index is -0.518. The summed E-state index contributed by atoms with van der Waals surface area (Å²) >= 11 is 0. The number of phenolic OH excluding ortho intramolecular Hbond substituents is 1. The number of fused-ring (bicyclic) bond motifs is 3. The molecule has 0 atom stereocenters. The summed E-state index contributed by atoms with van der Waals surface area (Å²) in [5.74, 6) is -0.574. The molecule has 0 spiro atoms. The van der Waals surface area contributed by atoms with Gasteiger partial charge in [-0.25, -0.2) is 9.59 Å². The molecule has 1 aliphatic heterocycles. The van der Waals surface area contributed by atoms with E-state index in [1.807, 2.05) is 7.05 Å². The van der Waals surface area contributed by atoms with Crippen molar-refractivity contribution in [2.45, 2.75) is 19.9 Å². The molecule has 3 rings (SSSR count). The Morgan fingerprint density at radius 3 is 2.96 bits per heavy atom. The molecule has 6 heteroatoms. The second kappa shape index (κ2) is 6.49. The maximum atomic E-state index is 12.3. The zero-order chi connectivity index (χ0) is 17.3. The minimum Gasteiger partial charge on any atom is -0.507 e. The Bertz CT molecular complexity index is 881. The molecule has 0 bridgehead atoms. The average Bonchev–Trinajstić information content (AvgIpc) is 2.54. The van der Waals surface area contributed by atoms with Gasteiger partial charge in [-0.1, -0.05) is 0 Å². The van der Waals surface area contributed by atoms with Crippen LogP contribution in [0.2, 0.25) is 0 Å². The first-order valence-corrected chi connectivity index (χ1v) is 7.85. The third kappa shape index (κ3) is 2.92. The lowest BCUT2D eigenvalue weighted by atomic mass is 9.96. The van der Waals surface area contributed by atoms with E-state index in [-0.39, 0.29) is 12.4 Å². The number of aromatic hydroxyl groups is 1. The fourth-order valence-corrected chi connectivity index (χ4v) is 2.98. The van der Waals surface area contributed by atoms with Crippen LogP contribution in [0.1, 0.15) is 23.6 Å². The highest BCUT2D eigenvalue weighted by Crippen LogP contribution is 2.32. The van der Waals surface area contributed by atoms with Crippen LogP contribution >= 0.6 is 0 Å². The highest BCUT2D eigenvalue weighted by Gasteiger charge is 2.22. The third-order valence-corrected chi connectivity index (χ3v) is 4.15. The molecular weight excluding hydrogens is 310 g/mol. The van der Waals surface area contributed by atoms with Gasteiger partial charge in [0.25, 0.3) is 0 Å². The summed E-state index contributed by atoms with van der Waals surface area (Å²) < 4.78 is 10.3. The van der Waals surface area contributed by atoms with Crippen LogP contribution in [0.25, 0.3) is 17.0 Å². The van der Waals surface area contributed by atoms with E-state index in [2.05, 4.69) is 4.90 Å². The maximum Gasteiger partial charge on any atom is 0.341 e. The molecule has 1 aromatic heterocycles. The van der Waals surface area contributed by atoms with Gasteiger partial charge in [-0.05, 0) is 44.2 Å². The summed E-state index contributed by atoms with van der Waals surface area (Å²) in [5.41, 5.74) is 1.80. The van der Waals surface area contributed by atoms with E-state index < -0.39 is 11.6 Å². The molecule has 0 saturated carbocycles. The Balaban J connectivity index is 2.17. The monoisotopic (exact) mass is 329 g/mol. The Kier molecular flexibility index (Phi) is 4.40. The van der Waals surface area contributed by atoms with Crippen molar-refractivity contribution >= 4 is 23.0 Å². The molecule has 1 aromatic carbocycles. The van der Waals surface area contributed by atoms with Gasteiger partial charge in [0, 0.05) is 24.6 Å². The lowest BCUT2D eigenvalue weighted by Crippen LogP contribution is -2.31. The van der Waals surface area contributed by atoms with Crippen molar-refractivity contribution in [3.8, 4) is 5.75 Å². The third-order valence-electron chi connectivity index (χ3n) is 4.15. The molecular formula is C18H19NO5. The standard InChI is InChI=1S/C18H19NO5/c1-3-23-16(21)7-5-13-15(20)6-4-12-11-8-9-19(2)10-14(11)18(22)24-17(12)13/h4-7,20H,3,8-10H2,1-2H3/b7-5+. The van der Waals surface area contributed by atoms with E-state index in [9.17, 15) is 14.7 Å². The fourth-order valence-electron chi connectivity index (χ4n) is 2.98. The molecule has 6 nitrogen and oxygen atoms in total. The number of hydrogen-bond donors (Lipinski definition) is 1. The van der Waals surface area contributed by atoms with Crippen molar-refractivity contribution in [2.24, 2.45) is 0 Å². The molecule has 24 heavy (non-hydrogen) atoms. The molecule has 2 aromatic rings. The highest BCUT2D eigenvalue weighted by atomic mass is 16.5. The Morgan fingerprint density at radius 2 is 2.21 bits per heavy atom. The predicted octanol–water partition coefficient (Wildman–Crippen LogP) is 2.06. The second-order valence-electron chi connectivity index (χ2n) is 5.79. The number of carbonyl (C=O) groups excluding carboxylic acids is 1. The first kappa shape index (κ1) is 16.3. The summed E-state index contributed by atoms with van der Waals surface area (Å²) in [6.07, 6.45) is 3.37. The first-order chi connectivity index (χ1) is 11.5. The van der Waals surface area contributed by atoms with Gasteiger partial charge in [0.1, 0.15) is 11.3 Å². The molecule has 126 valence electrons. The van der Waals surface area contributed by atoms with Crippen molar-refractivity contribution in [3.05, 3.63) is 45.3 Å². The molecule has 0 fully saturated rings. The van der Waals surface area contributed by atoms with Crippen LogP contribution in [0.4, 0.5) is 0 Å². The van der Waals surface area contributed by atoms with E-state index >= 15 is 0 Å². The second-order valence-corrected chi connectivity index (χ2v) is 5.79. The first-order valence-electron chi connectivity index (χ1n) is 7.85. The Hall–Kier alpha value is -2.60. The van der Waals surface area contributed by atoms with Gasteiger partial charge in [0.15, 0.2) is 0 Å². The molecule has 0 radical (unpaired) electrons. The van der Waals surface area contributed by atoms with Crippen molar-refractivity contribution in [3.63, 3.8) is 0 Å². The van der Waals surface area contributed by atoms with Gasteiger partial charge in [0.05, 0.1) is 17.7 Å². The van der Waals surface area contributed by atoms with Crippen molar-refractivity contribution < 1.29 is 19.1 Å². The summed E-state index contributed by atoms with van der Waals surface area (Å²) in [5, 5.41) is 10.9. The number of hydrogen-bond acceptors (Lipinski definition) is 6. The van der Waals surface area contributed by atoms with Gasteiger partial charge in [0.2, 0.25) is 0 Å². The number of nitrogens with zero attached hydrogens (tertiary/aromatic N) is 1. The van der Waals surface area contributed by atoms with Crippen LogP contribution in [0.3, 0.4) is 0 Å². The zero-order valence-corrected chi connectivity index (χ0v) is 13.7. The Labute approximate surface area is 138 Å². The summed E-state index contributed by atoms with van der Waals surface area (Å²) in [7, 11) is 1.96. The van der Waals surface area contributed by atoms with E-state index in [0.29, 0.717) is 23.3 Å². The van der Waals surface area contributed by atoms with Gasteiger partial charge in [-0.15, -0.1) is 0 Å². The number of ether oxygens (including phenoxy) is 1. The SMILES string of the molecule is CCOC(=O)/C=C/c1c(O)ccc2c3c(c(=O)oc12)CN(C)CC3. The summed E-state index contributed by atoms with van der Waals surface area (Å²) in [6.45, 7) is 3.37. The lowest BCUT2D eigenvalue weighted by Gasteiger charge is -2.24. The van der Waals surface area contributed by atoms with E-state index in [4.69, 9.17) is 9.15 Å². The van der Waals surface area contributed by atoms with Crippen LogP contribution in [-0.4, -0.2) is 36.2 Å². The topological polar surface area (TPSA) is 80.0 Å². The number of rotatable bonds is 3. The summed E-state index contributed by atoms with van der Waals surface area (Å²) in [4.78, 5) is 25.9. The van der Waals surface area contributed by atoms with Crippen LogP contribution in [-0.2, 0) is 22.5 Å². The number of benzene rings is 1. The number of likely N-dealkylation sites (N-methyl/N-ethyl adjacent to an activating group) is 1. The predicted molar refractivity (Wildman–Crippen MR) is 89.9 cm³/mol. The van der Waals surface area contributed by atoms with Gasteiger partial charge in [-0.3, -0.25) is 0 Å². The van der Waals surface area contributed by atoms with Gasteiger partial charge < -0.3 is 19.2 Å². The number of esters is 1. The average molecular weight is 329 g/mol. The van der Waals surface area contributed by atoms with E-state index in [1.54, 1.807) is 19.1 Å². The van der Waals surface area contributed by atoms with Crippen molar-refractivity contribution in [1.29, 1.82) is 0 Å². The number of carbonyl (C=O) groups is 1. The molecule has 0 amide bonds. The fraction of sp³-hybridized carbons (Fsp3) is 0.333. The maximum absolute atomic E-state index is 12.3. The molecule has 1 aliphatic rings. The largest absolute Gasteiger partial charge is 0.507 e. The van der Waals surface area contributed by atoms with E-state index in [0.717, 1.165) is 23.9 Å². The van der Waals surface area contributed by atoms with Crippen molar-refractivity contribution in [2.75, 3.05) is 20.2 Å². The minimum absolute atomic E-state index is 0.0564. The molecule has 1 N–H and O–H groups in total. The molecule has 0 saturated heterocycles. The van der Waals surface area contributed by atoms with Crippen molar-refractivity contribution in [1.82, 2.24) is 4.90 Å². The lowest BCUT2D eigenvalue weighted by molar-refractivity contribution is -0.137. The number of phenols is 1. The zero-order valence-electron chi connectivity index (χ0n) is 13.7. The smallest absolute Gasteiger partial charge is 0.341 e. The van der Waals surface area contributed by atoms with Crippen LogP contribution < -0.4 is 5.63 Å². The van der Waals surface area contributed by atoms with Crippen LogP contribution in [0, 0.1) is 0 Å². The van der Waals surface area contributed by atoms with Crippen LogP contribution in [0.5, 0.6) is 5.75 Å². The van der Waals surface area contributed by atoms with Gasteiger partial charge in [-0.2, -0.15) is 0 Å². The molecule has 0 aliphatic carbocycles. The normalized spacial score (nSPS) is 14.9. The molecule has 2 heterocycles. The quantitative estimate of drug-likeness (QED) is 0.527. The van der Waals surface area contributed by atoms with Crippen LogP contribution in [0.15, 0.2) is 27.4 Å².